The van der Waals surface area contributed by atoms with E-state index in [0.29, 0.717) is 24.2 Å². The molecule has 0 aliphatic carbocycles. The predicted molar refractivity (Wildman–Crippen MR) is 77.3 cm³/mol. The first-order valence-corrected chi connectivity index (χ1v) is 6.43. The molecular formula is C14H21N3O3. The molecule has 0 spiro atoms. The molecule has 0 bridgehead atoms. The number of amidine groups is 1. The molecule has 1 atom stereocenters. The standard InChI is InChI=1S/C14H21N3O3/c1-4-10(8-13(15)17-19)16-14(18)11-7-9(2)5-6-12(11)20-3/h5-7,10,19H,4,8H2,1-3H3,(H2,15,17)(H,16,18). The van der Waals surface area contributed by atoms with Gasteiger partial charge in [0.2, 0.25) is 0 Å². The van der Waals surface area contributed by atoms with E-state index in [1.165, 1.54) is 7.11 Å². The van der Waals surface area contributed by atoms with Gasteiger partial charge in [0.25, 0.3) is 5.91 Å². The molecule has 0 saturated heterocycles. The van der Waals surface area contributed by atoms with Crippen LogP contribution in [0, 0.1) is 6.92 Å². The van der Waals surface area contributed by atoms with E-state index >= 15 is 0 Å². The summed E-state index contributed by atoms with van der Waals surface area (Å²) in [6.45, 7) is 3.83. The van der Waals surface area contributed by atoms with Crippen LogP contribution in [0.2, 0.25) is 0 Å². The van der Waals surface area contributed by atoms with Gasteiger partial charge in [-0.15, -0.1) is 0 Å². The average molecular weight is 279 g/mol. The van der Waals surface area contributed by atoms with Gasteiger partial charge < -0.3 is 21.0 Å². The van der Waals surface area contributed by atoms with Crippen molar-refractivity contribution in [2.45, 2.75) is 32.7 Å². The summed E-state index contributed by atoms with van der Waals surface area (Å²) in [6, 6.07) is 5.21. The van der Waals surface area contributed by atoms with Gasteiger partial charge in [-0.1, -0.05) is 23.7 Å². The number of benzene rings is 1. The zero-order valence-corrected chi connectivity index (χ0v) is 12.0. The van der Waals surface area contributed by atoms with Crippen LogP contribution in [0.3, 0.4) is 0 Å². The number of amides is 1. The molecule has 1 rings (SSSR count). The van der Waals surface area contributed by atoms with Gasteiger partial charge in [-0.05, 0) is 25.5 Å². The highest BCUT2D eigenvalue weighted by molar-refractivity contribution is 5.97. The highest BCUT2D eigenvalue weighted by Gasteiger charge is 2.17. The fraction of sp³-hybridized carbons (Fsp3) is 0.429. The second-order valence-corrected chi connectivity index (χ2v) is 4.58. The highest BCUT2D eigenvalue weighted by Crippen LogP contribution is 2.19. The molecule has 0 fully saturated rings. The van der Waals surface area contributed by atoms with Gasteiger partial charge in [-0.25, -0.2) is 0 Å². The molecule has 0 radical (unpaired) electrons. The molecule has 110 valence electrons. The number of nitrogens with zero attached hydrogens (tertiary/aromatic N) is 1. The lowest BCUT2D eigenvalue weighted by Crippen LogP contribution is -2.37. The van der Waals surface area contributed by atoms with Crippen molar-refractivity contribution in [1.29, 1.82) is 0 Å². The topological polar surface area (TPSA) is 96.9 Å². The van der Waals surface area contributed by atoms with Crippen LogP contribution in [0.5, 0.6) is 5.75 Å². The molecule has 0 aliphatic heterocycles. The van der Waals surface area contributed by atoms with E-state index in [0.717, 1.165) is 5.56 Å². The Morgan fingerprint density at radius 3 is 2.80 bits per heavy atom. The molecule has 0 heterocycles. The smallest absolute Gasteiger partial charge is 0.255 e. The molecule has 1 aromatic carbocycles. The fourth-order valence-electron chi connectivity index (χ4n) is 1.85. The van der Waals surface area contributed by atoms with Gasteiger partial charge in [0.05, 0.1) is 12.7 Å². The number of aryl methyl sites for hydroxylation is 1. The van der Waals surface area contributed by atoms with Crippen LogP contribution in [0.1, 0.15) is 35.7 Å². The summed E-state index contributed by atoms with van der Waals surface area (Å²) in [5.74, 6) is 0.378. The molecule has 1 unspecified atom stereocenters. The number of hydrogen-bond acceptors (Lipinski definition) is 4. The molecule has 20 heavy (non-hydrogen) atoms. The van der Waals surface area contributed by atoms with Crippen molar-refractivity contribution in [2.24, 2.45) is 10.9 Å². The van der Waals surface area contributed by atoms with E-state index in [2.05, 4.69) is 10.5 Å². The Morgan fingerprint density at radius 1 is 1.55 bits per heavy atom. The van der Waals surface area contributed by atoms with Crippen molar-refractivity contribution >= 4 is 11.7 Å². The number of methoxy groups -OCH3 is 1. The lowest BCUT2D eigenvalue weighted by molar-refractivity contribution is 0.0933. The van der Waals surface area contributed by atoms with Crippen molar-refractivity contribution in [3.63, 3.8) is 0 Å². The Hall–Kier alpha value is -2.24. The number of rotatable bonds is 6. The summed E-state index contributed by atoms with van der Waals surface area (Å²) in [5, 5.41) is 14.4. The Bertz CT molecular complexity index is 500. The highest BCUT2D eigenvalue weighted by atomic mass is 16.5. The van der Waals surface area contributed by atoms with Gasteiger partial charge in [0.1, 0.15) is 11.6 Å². The van der Waals surface area contributed by atoms with Crippen LogP contribution in [0.15, 0.2) is 23.4 Å². The first-order valence-electron chi connectivity index (χ1n) is 6.43. The van der Waals surface area contributed by atoms with E-state index in [1.54, 1.807) is 12.1 Å². The minimum Gasteiger partial charge on any atom is -0.496 e. The Balaban J connectivity index is 2.86. The van der Waals surface area contributed by atoms with Crippen LogP contribution < -0.4 is 15.8 Å². The third-order valence-electron chi connectivity index (χ3n) is 3.01. The summed E-state index contributed by atoms with van der Waals surface area (Å²) in [6.07, 6.45) is 0.975. The first kappa shape index (κ1) is 15.8. The van der Waals surface area contributed by atoms with Crippen molar-refractivity contribution < 1.29 is 14.7 Å². The second kappa shape index (κ2) is 7.37. The third kappa shape index (κ3) is 4.15. The largest absolute Gasteiger partial charge is 0.496 e. The van der Waals surface area contributed by atoms with E-state index in [4.69, 9.17) is 15.7 Å². The maximum atomic E-state index is 12.3. The number of oxime groups is 1. The van der Waals surface area contributed by atoms with Crippen molar-refractivity contribution in [3.8, 4) is 5.75 Å². The molecule has 0 aromatic heterocycles. The molecule has 1 amide bonds. The van der Waals surface area contributed by atoms with E-state index < -0.39 is 0 Å². The maximum absolute atomic E-state index is 12.3. The summed E-state index contributed by atoms with van der Waals surface area (Å²) in [4.78, 5) is 12.3. The van der Waals surface area contributed by atoms with Crippen LogP contribution >= 0.6 is 0 Å². The summed E-state index contributed by atoms with van der Waals surface area (Å²) in [5.41, 5.74) is 6.92. The van der Waals surface area contributed by atoms with Crippen molar-refractivity contribution in [1.82, 2.24) is 5.32 Å². The van der Waals surface area contributed by atoms with Gasteiger partial charge in [-0.2, -0.15) is 0 Å². The fourth-order valence-corrected chi connectivity index (χ4v) is 1.85. The molecule has 6 heteroatoms. The quantitative estimate of drug-likeness (QED) is 0.319. The molecular weight excluding hydrogens is 258 g/mol. The molecule has 6 nitrogen and oxygen atoms in total. The van der Waals surface area contributed by atoms with Crippen molar-refractivity contribution in [2.75, 3.05) is 7.11 Å². The molecule has 0 aliphatic rings. The number of hydrogen-bond donors (Lipinski definition) is 3. The van der Waals surface area contributed by atoms with E-state index in [1.807, 2.05) is 19.9 Å². The van der Waals surface area contributed by atoms with Crippen LogP contribution in [-0.2, 0) is 0 Å². The van der Waals surface area contributed by atoms with E-state index in [9.17, 15) is 4.79 Å². The van der Waals surface area contributed by atoms with Gasteiger partial charge in [-0.3, -0.25) is 4.79 Å². The minimum atomic E-state index is -0.233. The van der Waals surface area contributed by atoms with Gasteiger partial charge in [0, 0.05) is 12.5 Å². The summed E-state index contributed by atoms with van der Waals surface area (Å²) in [7, 11) is 1.52. The summed E-state index contributed by atoms with van der Waals surface area (Å²) >= 11 is 0. The van der Waals surface area contributed by atoms with Crippen LogP contribution in [0.4, 0.5) is 0 Å². The van der Waals surface area contributed by atoms with Gasteiger partial charge in [0.15, 0.2) is 0 Å². The first-order chi connectivity index (χ1) is 9.51. The Labute approximate surface area is 118 Å². The molecule has 1 aromatic rings. The third-order valence-corrected chi connectivity index (χ3v) is 3.01. The lowest BCUT2D eigenvalue weighted by Gasteiger charge is -2.17. The normalized spacial score (nSPS) is 12.8. The number of carbonyl (C=O) groups is 1. The Morgan fingerprint density at radius 2 is 2.25 bits per heavy atom. The number of nitrogens with two attached hydrogens (primary N) is 1. The zero-order valence-electron chi connectivity index (χ0n) is 12.0. The van der Waals surface area contributed by atoms with Crippen molar-refractivity contribution in [3.05, 3.63) is 29.3 Å². The lowest BCUT2D eigenvalue weighted by atomic mass is 10.1. The van der Waals surface area contributed by atoms with E-state index in [-0.39, 0.29) is 17.8 Å². The monoisotopic (exact) mass is 279 g/mol. The second-order valence-electron chi connectivity index (χ2n) is 4.58. The average Bonchev–Trinajstić information content (AvgIpc) is 2.45. The minimum absolute atomic E-state index is 0.0911. The predicted octanol–water partition coefficient (Wildman–Crippen LogP) is 1.65. The summed E-state index contributed by atoms with van der Waals surface area (Å²) < 4.78 is 5.19. The molecule has 4 N–H and O–H groups in total. The Kier molecular flexibility index (Phi) is 5.83. The number of carbonyl (C=O) groups excluding carboxylic acids is 1. The molecule has 0 saturated carbocycles. The van der Waals surface area contributed by atoms with Crippen LogP contribution in [-0.4, -0.2) is 30.1 Å². The zero-order chi connectivity index (χ0) is 15.1. The maximum Gasteiger partial charge on any atom is 0.255 e. The van der Waals surface area contributed by atoms with Crippen LogP contribution in [0.25, 0.3) is 0 Å². The van der Waals surface area contributed by atoms with Gasteiger partial charge >= 0.3 is 0 Å². The number of ether oxygens (including phenoxy) is 1. The number of nitrogens with one attached hydrogen (secondary N) is 1. The SMILES string of the molecule is CCC(CC(N)=NO)NC(=O)c1cc(C)ccc1OC.